The average molecular weight is 267 g/mol. The molecule has 1 aromatic heterocycles. The molecule has 1 amide bonds. The highest BCUT2D eigenvalue weighted by atomic mass is 16.5. The number of fused-ring (bicyclic) bond motifs is 1. The molecule has 0 fully saturated rings. The van der Waals surface area contributed by atoms with Gasteiger partial charge in [0.15, 0.2) is 0 Å². The maximum atomic E-state index is 11.8. The molecule has 4 heteroatoms. The van der Waals surface area contributed by atoms with Crippen LogP contribution in [0.5, 0.6) is 5.75 Å². The maximum Gasteiger partial charge on any atom is 0.253 e. The molecule has 2 N–H and O–H groups in total. The van der Waals surface area contributed by atoms with Crippen LogP contribution in [0.4, 0.5) is 0 Å². The third-order valence-corrected chi connectivity index (χ3v) is 3.18. The molecule has 3 aromatic rings. The van der Waals surface area contributed by atoms with Gasteiger partial charge in [0.05, 0.1) is 18.1 Å². The van der Waals surface area contributed by atoms with Gasteiger partial charge in [-0.3, -0.25) is 4.79 Å². The predicted molar refractivity (Wildman–Crippen MR) is 76.7 cm³/mol. The number of hydrogen-bond acceptors (Lipinski definition) is 3. The number of methoxy groups -OCH3 is 1. The summed E-state index contributed by atoms with van der Waals surface area (Å²) in [5, 5.41) is 0.612. The Morgan fingerprint density at radius 1 is 1.10 bits per heavy atom. The van der Waals surface area contributed by atoms with E-state index in [0.717, 1.165) is 5.56 Å². The van der Waals surface area contributed by atoms with E-state index < -0.39 is 5.91 Å². The molecule has 20 heavy (non-hydrogen) atoms. The third kappa shape index (κ3) is 1.82. The molecule has 0 spiro atoms. The van der Waals surface area contributed by atoms with Gasteiger partial charge >= 0.3 is 0 Å². The number of carbonyl (C=O) groups excluding carboxylic acids is 1. The summed E-state index contributed by atoms with van der Waals surface area (Å²) in [6.07, 6.45) is 0. The Bertz CT molecular complexity index is 775. The van der Waals surface area contributed by atoms with Crippen LogP contribution in [0, 0.1) is 0 Å². The van der Waals surface area contributed by atoms with Gasteiger partial charge in [0.2, 0.25) is 0 Å². The van der Waals surface area contributed by atoms with Crippen LogP contribution in [0.2, 0.25) is 0 Å². The SMILES string of the molecule is COc1cccc2oc(-c3ccccc3)c(C(N)=O)c12. The van der Waals surface area contributed by atoms with Crippen LogP contribution < -0.4 is 10.5 Å². The summed E-state index contributed by atoms with van der Waals surface area (Å²) in [6, 6.07) is 14.8. The van der Waals surface area contributed by atoms with Gasteiger partial charge in [-0.1, -0.05) is 36.4 Å². The summed E-state index contributed by atoms with van der Waals surface area (Å²) in [6.45, 7) is 0. The Morgan fingerprint density at radius 2 is 1.85 bits per heavy atom. The highest BCUT2D eigenvalue weighted by Crippen LogP contribution is 2.38. The van der Waals surface area contributed by atoms with E-state index in [4.69, 9.17) is 14.9 Å². The lowest BCUT2D eigenvalue weighted by Gasteiger charge is -2.02. The average Bonchev–Trinajstić information content (AvgIpc) is 2.87. The molecule has 100 valence electrons. The van der Waals surface area contributed by atoms with Gasteiger partial charge in [0.1, 0.15) is 17.1 Å². The van der Waals surface area contributed by atoms with E-state index in [1.165, 1.54) is 0 Å². The lowest BCUT2D eigenvalue weighted by atomic mass is 10.0. The van der Waals surface area contributed by atoms with Gasteiger partial charge in [0.25, 0.3) is 5.91 Å². The van der Waals surface area contributed by atoms with Gasteiger partial charge in [0, 0.05) is 5.56 Å². The van der Waals surface area contributed by atoms with Crippen LogP contribution >= 0.6 is 0 Å². The fourth-order valence-corrected chi connectivity index (χ4v) is 2.31. The number of benzene rings is 2. The first-order valence-corrected chi connectivity index (χ1v) is 6.17. The van der Waals surface area contributed by atoms with E-state index in [1.807, 2.05) is 36.4 Å². The van der Waals surface area contributed by atoms with Crippen molar-refractivity contribution in [1.29, 1.82) is 0 Å². The Kier molecular flexibility index (Phi) is 2.91. The highest BCUT2D eigenvalue weighted by molar-refractivity contribution is 6.12. The van der Waals surface area contributed by atoms with E-state index in [9.17, 15) is 4.79 Å². The molecule has 0 bridgehead atoms. The van der Waals surface area contributed by atoms with E-state index >= 15 is 0 Å². The summed E-state index contributed by atoms with van der Waals surface area (Å²) < 4.78 is 11.1. The summed E-state index contributed by atoms with van der Waals surface area (Å²) in [7, 11) is 1.55. The summed E-state index contributed by atoms with van der Waals surface area (Å²) in [5.74, 6) is 0.506. The molecule has 1 heterocycles. The van der Waals surface area contributed by atoms with Crippen LogP contribution in [0.1, 0.15) is 10.4 Å². The smallest absolute Gasteiger partial charge is 0.253 e. The molecule has 0 radical (unpaired) electrons. The molecule has 0 saturated carbocycles. The minimum absolute atomic E-state index is 0.351. The van der Waals surface area contributed by atoms with Gasteiger partial charge in [-0.25, -0.2) is 0 Å². The zero-order chi connectivity index (χ0) is 14.1. The molecule has 0 aliphatic carbocycles. The highest BCUT2D eigenvalue weighted by Gasteiger charge is 2.22. The zero-order valence-electron chi connectivity index (χ0n) is 10.9. The summed E-state index contributed by atoms with van der Waals surface area (Å²) in [4.78, 5) is 11.8. The first-order chi connectivity index (χ1) is 9.72. The van der Waals surface area contributed by atoms with Crippen molar-refractivity contribution in [1.82, 2.24) is 0 Å². The Morgan fingerprint density at radius 3 is 2.50 bits per heavy atom. The number of ether oxygens (including phenoxy) is 1. The monoisotopic (exact) mass is 267 g/mol. The lowest BCUT2D eigenvalue weighted by molar-refractivity contribution is 0.100. The Hall–Kier alpha value is -2.75. The van der Waals surface area contributed by atoms with Crippen molar-refractivity contribution in [2.24, 2.45) is 5.73 Å². The largest absolute Gasteiger partial charge is 0.496 e. The summed E-state index contributed by atoms with van der Waals surface area (Å²) in [5.41, 5.74) is 7.27. The second-order valence-corrected chi connectivity index (χ2v) is 4.37. The first kappa shape index (κ1) is 12.3. The fourth-order valence-electron chi connectivity index (χ4n) is 2.31. The minimum Gasteiger partial charge on any atom is -0.496 e. The van der Waals surface area contributed by atoms with Crippen molar-refractivity contribution < 1.29 is 13.9 Å². The number of primary amides is 1. The van der Waals surface area contributed by atoms with Crippen molar-refractivity contribution in [2.75, 3.05) is 7.11 Å². The van der Waals surface area contributed by atoms with E-state index in [0.29, 0.717) is 28.0 Å². The molecule has 4 nitrogen and oxygen atoms in total. The van der Waals surface area contributed by atoms with Crippen molar-refractivity contribution in [2.45, 2.75) is 0 Å². The number of carbonyl (C=O) groups is 1. The third-order valence-electron chi connectivity index (χ3n) is 3.18. The predicted octanol–water partition coefficient (Wildman–Crippen LogP) is 3.21. The van der Waals surface area contributed by atoms with Crippen LogP contribution in [0.25, 0.3) is 22.3 Å². The Labute approximate surface area is 115 Å². The molecule has 0 unspecified atom stereocenters. The number of hydrogen-bond donors (Lipinski definition) is 1. The van der Waals surface area contributed by atoms with Gasteiger partial charge in [-0.15, -0.1) is 0 Å². The van der Waals surface area contributed by atoms with Crippen molar-refractivity contribution in [3.05, 3.63) is 54.1 Å². The fraction of sp³-hybridized carbons (Fsp3) is 0.0625. The molecule has 0 aliphatic heterocycles. The second kappa shape index (κ2) is 4.74. The number of rotatable bonds is 3. The van der Waals surface area contributed by atoms with E-state index in [-0.39, 0.29) is 0 Å². The molecular weight excluding hydrogens is 254 g/mol. The van der Waals surface area contributed by atoms with Crippen LogP contribution in [-0.4, -0.2) is 13.0 Å². The topological polar surface area (TPSA) is 65.5 Å². The minimum atomic E-state index is -0.535. The number of furan rings is 1. The van der Waals surface area contributed by atoms with Crippen molar-refractivity contribution in [3.63, 3.8) is 0 Å². The van der Waals surface area contributed by atoms with Crippen LogP contribution in [0.3, 0.4) is 0 Å². The van der Waals surface area contributed by atoms with Crippen LogP contribution in [-0.2, 0) is 0 Å². The molecule has 0 saturated heterocycles. The van der Waals surface area contributed by atoms with Gasteiger partial charge in [-0.05, 0) is 12.1 Å². The lowest BCUT2D eigenvalue weighted by Crippen LogP contribution is -2.11. The molecule has 3 rings (SSSR count). The summed E-state index contributed by atoms with van der Waals surface area (Å²) >= 11 is 0. The molecular formula is C16H13NO3. The number of nitrogens with two attached hydrogens (primary N) is 1. The maximum absolute atomic E-state index is 11.8. The van der Waals surface area contributed by atoms with Gasteiger partial charge < -0.3 is 14.9 Å². The van der Waals surface area contributed by atoms with Crippen LogP contribution in [0.15, 0.2) is 52.9 Å². The normalized spacial score (nSPS) is 10.7. The van der Waals surface area contributed by atoms with Crippen molar-refractivity contribution in [3.8, 4) is 17.1 Å². The molecule has 0 atom stereocenters. The van der Waals surface area contributed by atoms with Crippen molar-refractivity contribution >= 4 is 16.9 Å². The van der Waals surface area contributed by atoms with Gasteiger partial charge in [-0.2, -0.15) is 0 Å². The van der Waals surface area contributed by atoms with E-state index in [2.05, 4.69) is 0 Å². The zero-order valence-corrected chi connectivity index (χ0v) is 10.9. The standard InChI is InChI=1S/C16H13NO3/c1-19-11-8-5-9-12-13(11)14(16(17)18)15(20-12)10-6-3-2-4-7-10/h2-9H,1H3,(H2,17,18). The molecule has 0 aliphatic rings. The Balaban J connectivity index is 2.39. The molecule has 2 aromatic carbocycles. The first-order valence-electron chi connectivity index (χ1n) is 6.17. The number of amides is 1. The van der Waals surface area contributed by atoms with E-state index in [1.54, 1.807) is 19.2 Å². The second-order valence-electron chi connectivity index (χ2n) is 4.37. The quantitative estimate of drug-likeness (QED) is 0.792.